The maximum atomic E-state index is 12.1. The van der Waals surface area contributed by atoms with Crippen LogP contribution in [0.2, 0.25) is 0 Å². The average molecular weight is 223 g/mol. The molecule has 0 radical (unpaired) electrons. The Bertz CT molecular complexity index is 548. The van der Waals surface area contributed by atoms with Gasteiger partial charge < -0.3 is 0 Å². The van der Waals surface area contributed by atoms with Gasteiger partial charge in [-0.15, -0.1) is 0 Å². The van der Waals surface area contributed by atoms with Crippen molar-refractivity contribution in [3.05, 3.63) is 65.5 Å². The number of carbonyl (C=O) groups is 1. The summed E-state index contributed by atoms with van der Waals surface area (Å²) >= 11 is 0. The fourth-order valence-corrected chi connectivity index (χ4v) is 2.35. The number of nitrogens with zero attached hydrogens (tertiary/aromatic N) is 1. The van der Waals surface area contributed by atoms with Crippen LogP contribution in [0.1, 0.15) is 22.7 Å². The number of Topliss-reactive ketones (excluding diaryl/α,β-unsaturated/α-hetero) is 1. The lowest BCUT2D eigenvalue weighted by Crippen LogP contribution is -2.26. The van der Waals surface area contributed by atoms with E-state index < -0.39 is 0 Å². The standard InChI is InChI=1S/C15H13NO/c17-15(10-12-6-3-4-8-16-12)14-9-11-5-1-2-7-13(11)14/h1-8,14H,9-10H2. The molecule has 3 rings (SSSR count). The topological polar surface area (TPSA) is 30.0 Å². The van der Waals surface area contributed by atoms with E-state index in [0.717, 1.165) is 12.1 Å². The molecule has 0 amide bonds. The lowest BCUT2D eigenvalue weighted by atomic mass is 9.74. The monoisotopic (exact) mass is 223 g/mol. The summed E-state index contributed by atoms with van der Waals surface area (Å²) in [5.41, 5.74) is 3.38. The number of carbonyl (C=O) groups excluding carboxylic acids is 1. The number of ketones is 1. The smallest absolute Gasteiger partial charge is 0.146 e. The van der Waals surface area contributed by atoms with E-state index >= 15 is 0 Å². The van der Waals surface area contributed by atoms with Crippen molar-refractivity contribution >= 4 is 5.78 Å². The van der Waals surface area contributed by atoms with Gasteiger partial charge in [0.25, 0.3) is 0 Å². The van der Waals surface area contributed by atoms with Crippen LogP contribution in [0.15, 0.2) is 48.7 Å². The molecule has 0 bridgehead atoms. The third-order valence-electron chi connectivity index (χ3n) is 3.32. The predicted octanol–water partition coefficient (Wildman–Crippen LogP) is 2.53. The number of aromatic nitrogens is 1. The number of hydrogen-bond donors (Lipinski definition) is 0. The van der Waals surface area contributed by atoms with Crippen LogP contribution in [0.3, 0.4) is 0 Å². The largest absolute Gasteiger partial charge is 0.299 e. The van der Waals surface area contributed by atoms with Crippen molar-refractivity contribution < 1.29 is 4.79 Å². The SMILES string of the molecule is O=C(Cc1ccccn1)C1Cc2ccccc21. The summed E-state index contributed by atoms with van der Waals surface area (Å²) in [6.45, 7) is 0. The van der Waals surface area contributed by atoms with E-state index in [-0.39, 0.29) is 11.7 Å². The molecule has 17 heavy (non-hydrogen) atoms. The highest BCUT2D eigenvalue weighted by atomic mass is 16.1. The van der Waals surface area contributed by atoms with Crippen molar-refractivity contribution in [2.75, 3.05) is 0 Å². The van der Waals surface area contributed by atoms with Gasteiger partial charge in [-0.25, -0.2) is 0 Å². The van der Waals surface area contributed by atoms with Gasteiger partial charge in [0.15, 0.2) is 0 Å². The Morgan fingerprint density at radius 1 is 1.18 bits per heavy atom. The molecule has 0 N–H and O–H groups in total. The molecule has 0 spiro atoms. The zero-order chi connectivity index (χ0) is 11.7. The van der Waals surface area contributed by atoms with Crippen molar-refractivity contribution in [2.45, 2.75) is 18.8 Å². The maximum absolute atomic E-state index is 12.1. The second-order valence-electron chi connectivity index (χ2n) is 4.42. The Balaban J connectivity index is 1.74. The summed E-state index contributed by atoms with van der Waals surface area (Å²) in [6.07, 6.45) is 3.07. The minimum Gasteiger partial charge on any atom is -0.299 e. The van der Waals surface area contributed by atoms with Gasteiger partial charge in [0.2, 0.25) is 0 Å². The fraction of sp³-hybridized carbons (Fsp3) is 0.200. The molecule has 1 aliphatic carbocycles. The van der Waals surface area contributed by atoms with Crippen molar-refractivity contribution in [2.24, 2.45) is 0 Å². The van der Waals surface area contributed by atoms with Crippen LogP contribution in [0, 0.1) is 0 Å². The number of benzene rings is 1. The van der Waals surface area contributed by atoms with E-state index in [2.05, 4.69) is 17.1 Å². The van der Waals surface area contributed by atoms with Crippen LogP contribution in [0.25, 0.3) is 0 Å². The summed E-state index contributed by atoms with van der Waals surface area (Å²) in [6, 6.07) is 13.9. The molecule has 1 aromatic carbocycles. The van der Waals surface area contributed by atoms with Gasteiger partial charge in [-0.3, -0.25) is 9.78 Å². The molecule has 2 heteroatoms. The fourth-order valence-electron chi connectivity index (χ4n) is 2.35. The van der Waals surface area contributed by atoms with E-state index in [1.807, 2.05) is 30.3 Å². The van der Waals surface area contributed by atoms with E-state index in [4.69, 9.17) is 0 Å². The molecule has 0 aliphatic heterocycles. The Kier molecular flexibility index (Phi) is 2.48. The van der Waals surface area contributed by atoms with Gasteiger partial charge in [-0.2, -0.15) is 0 Å². The Morgan fingerprint density at radius 2 is 2.00 bits per heavy atom. The summed E-state index contributed by atoms with van der Waals surface area (Å²) in [5.74, 6) is 0.371. The van der Waals surface area contributed by atoms with Crippen LogP contribution < -0.4 is 0 Å². The van der Waals surface area contributed by atoms with Crippen molar-refractivity contribution in [1.29, 1.82) is 0 Å². The molecule has 2 nitrogen and oxygen atoms in total. The molecule has 1 atom stereocenters. The molecule has 1 aromatic heterocycles. The summed E-state index contributed by atoms with van der Waals surface area (Å²) in [7, 11) is 0. The Morgan fingerprint density at radius 3 is 2.76 bits per heavy atom. The van der Waals surface area contributed by atoms with Crippen LogP contribution >= 0.6 is 0 Å². The normalized spacial score (nSPS) is 17.1. The number of rotatable bonds is 3. The third kappa shape index (κ3) is 1.86. The van der Waals surface area contributed by atoms with Crippen LogP contribution in [-0.4, -0.2) is 10.8 Å². The molecule has 1 heterocycles. The van der Waals surface area contributed by atoms with E-state index in [0.29, 0.717) is 6.42 Å². The first-order valence-electron chi connectivity index (χ1n) is 5.85. The van der Waals surface area contributed by atoms with E-state index in [1.54, 1.807) is 6.20 Å². The molecule has 1 aliphatic rings. The quantitative estimate of drug-likeness (QED) is 0.800. The van der Waals surface area contributed by atoms with Crippen molar-refractivity contribution in [3.63, 3.8) is 0 Å². The minimum absolute atomic E-state index is 0.0909. The van der Waals surface area contributed by atoms with Gasteiger partial charge in [0, 0.05) is 24.2 Å². The molecular formula is C15H13NO. The lowest BCUT2D eigenvalue weighted by Gasteiger charge is -2.28. The molecule has 2 aromatic rings. The summed E-state index contributed by atoms with van der Waals surface area (Å²) in [5, 5.41) is 0. The van der Waals surface area contributed by atoms with Gasteiger partial charge in [-0.1, -0.05) is 30.3 Å². The summed E-state index contributed by atoms with van der Waals surface area (Å²) < 4.78 is 0. The number of hydrogen-bond acceptors (Lipinski definition) is 2. The zero-order valence-corrected chi connectivity index (χ0v) is 9.47. The third-order valence-corrected chi connectivity index (χ3v) is 3.32. The van der Waals surface area contributed by atoms with Crippen LogP contribution in [0.5, 0.6) is 0 Å². The average Bonchev–Trinajstić information content (AvgIpc) is 2.32. The van der Waals surface area contributed by atoms with E-state index in [1.165, 1.54) is 11.1 Å². The number of pyridine rings is 1. The van der Waals surface area contributed by atoms with Crippen LogP contribution in [-0.2, 0) is 17.6 Å². The van der Waals surface area contributed by atoms with Gasteiger partial charge >= 0.3 is 0 Å². The molecule has 1 unspecified atom stereocenters. The Hall–Kier alpha value is -1.96. The first kappa shape index (κ1) is 10.2. The van der Waals surface area contributed by atoms with Crippen LogP contribution in [0.4, 0.5) is 0 Å². The molecular weight excluding hydrogens is 210 g/mol. The zero-order valence-electron chi connectivity index (χ0n) is 9.47. The highest BCUT2D eigenvalue weighted by Gasteiger charge is 2.31. The van der Waals surface area contributed by atoms with Crippen molar-refractivity contribution in [1.82, 2.24) is 4.98 Å². The van der Waals surface area contributed by atoms with Gasteiger partial charge in [0.1, 0.15) is 5.78 Å². The first-order chi connectivity index (χ1) is 8.34. The van der Waals surface area contributed by atoms with Gasteiger partial charge in [0.05, 0.1) is 0 Å². The second kappa shape index (κ2) is 4.13. The first-order valence-corrected chi connectivity index (χ1v) is 5.85. The summed E-state index contributed by atoms with van der Waals surface area (Å²) in [4.78, 5) is 16.3. The van der Waals surface area contributed by atoms with Gasteiger partial charge in [-0.05, 0) is 29.7 Å². The highest BCUT2D eigenvalue weighted by Crippen LogP contribution is 2.35. The maximum Gasteiger partial charge on any atom is 0.146 e. The molecule has 0 saturated heterocycles. The van der Waals surface area contributed by atoms with E-state index in [9.17, 15) is 4.79 Å². The molecule has 84 valence electrons. The Labute approximate surface area is 100 Å². The second-order valence-corrected chi connectivity index (χ2v) is 4.42. The lowest BCUT2D eigenvalue weighted by molar-refractivity contribution is -0.120. The molecule has 0 saturated carbocycles. The van der Waals surface area contributed by atoms with Crippen molar-refractivity contribution in [3.8, 4) is 0 Å². The molecule has 0 fully saturated rings. The predicted molar refractivity (Wildman–Crippen MR) is 65.8 cm³/mol. The minimum atomic E-state index is 0.0909. The number of fused-ring (bicyclic) bond motifs is 1. The highest BCUT2D eigenvalue weighted by molar-refractivity contribution is 5.90.